The average Bonchev–Trinajstić information content (AvgIpc) is 3.00. The molecule has 0 aliphatic carbocycles. The van der Waals surface area contributed by atoms with E-state index in [-0.39, 0.29) is 6.61 Å². The molecule has 0 amide bonds. The zero-order chi connectivity index (χ0) is 16.1. The van der Waals surface area contributed by atoms with E-state index in [0.29, 0.717) is 11.6 Å². The second-order valence-electron chi connectivity index (χ2n) is 4.95. The first kappa shape index (κ1) is 15.5. The van der Waals surface area contributed by atoms with E-state index in [2.05, 4.69) is 10.1 Å². The lowest BCUT2D eigenvalue weighted by molar-refractivity contribution is 0.307. The van der Waals surface area contributed by atoms with Crippen molar-refractivity contribution >= 4 is 17.8 Å². The zero-order valence-corrected chi connectivity index (χ0v) is 13.2. The minimum atomic E-state index is 0.0186. The number of aliphatic hydroxyl groups is 1. The van der Waals surface area contributed by atoms with E-state index in [1.165, 1.54) is 0 Å². The Morgan fingerprint density at radius 2 is 1.83 bits per heavy atom. The summed E-state index contributed by atoms with van der Waals surface area (Å²) in [5.41, 5.74) is 3.44. The summed E-state index contributed by atoms with van der Waals surface area (Å²) >= 11 is 6.31. The van der Waals surface area contributed by atoms with Crippen LogP contribution in [0.5, 0.6) is 0 Å². The quantitative estimate of drug-likeness (QED) is 0.729. The first-order chi connectivity index (χ1) is 11.3. The molecule has 0 aliphatic rings. The summed E-state index contributed by atoms with van der Waals surface area (Å²) in [5.74, 6) is 0. The Hall–Kier alpha value is -2.43. The summed E-state index contributed by atoms with van der Waals surface area (Å²) in [5, 5.41) is 14.2. The second-order valence-corrected chi connectivity index (χ2v) is 5.36. The number of benzene rings is 2. The molecule has 0 saturated heterocycles. The molecular weight excluding hydrogens is 310 g/mol. The predicted molar refractivity (Wildman–Crippen MR) is 93.6 cm³/mol. The van der Waals surface area contributed by atoms with Crippen LogP contribution < -0.4 is 0 Å². The van der Waals surface area contributed by atoms with E-state index in [1.807, 2.05) is 60.8 Å². The third-order valence-corrected chi connectivity index (χ3v) is 3.68. The molecule has 0 bridgehead atoms. The van der Waals surface area contributed by atoms with Crippen LogP contribution in [-0.4, -0.2) is 34.3 Å². The van der Waals surface area contributed by atoms with E-state index in [0.717, 1.165) is 22.5 Å². The number of aromatic nitrogens is 2. The highest BCUT2D eigenvalue weighted by atomic mass is 35.5. The number of halogens is 1. The number of hydrogen-bond donors (Lipinski definition) is 1. The van der Waals surface area contributed by atoms with Crippen molar-refractivity contribution in [2.24, 2.45) is 4.99 Å². The fraction of sp³-hybridized carbons (Fsp3) is 0.111. The molecule has 1 heterocycles. The summed E-state index contributed by atoms with van der Waals surface area (Å²) in [4.78, 5) is 4.21. The van der Waals surface area contributed by atoms with Crippen molar-refractivity contribution in [3.63, 3.8) is 0 Å². The summed E-state index contributed by atoms with van der Waals surface area (Å²) in [7, 11) is 0. The monoisotopic (exact) mass is 325 g/mol. The van der Waals surface area contributed by atoms with Crippen LogP contribution in [0.1, 0.15) is 5.56 Å². The van der Waals surface area contributed by atoms with Crippen molar-refractivity contribution in [3.05, 3.63) is 71.4 Å². The van der Waals surface area contributed by atoms with Crippen LogP contribution in [0.3, 0.4) is 0 Å². The Morgan fingerprint density at radius 1 is 1.09 bits per heavy atom. The molecule has 23 heavy (non-hydrogen) atoms. The van der Waals surface area contributed by atoms with Gasteiger partial charge in [-0.15, -0.1) is 0 Å². The fourth-order valence-corrected chi connectivity index (χ4v) is 2.50. The van der Waals surface area contributed by atoms with E-state index in [4.69, 9.17) is 16.7 Å². The maximum atomic E-state index is 8.90. The van der Waals surface area contributed by atoms with E-state index < -0.39 is 0 Å². The van der Waals surface area contributed by atoms with E-state index in [9.17, 15) is 0 Å². The Labute approximate surface area is 139 Å². The van der Waals surface area contributed by atoms with Gasteiger partial charge in [-0.3, -0.25) is 4.99 Å². The maximum Gasteiger partial charge on any atom is 0.103 e. The molecule has 3 rings (SSSR count). The fourth-order valence-electron chi connectivity index (χ4n) is 2.28. The van der Waals surface area contributed by atoms with Gasteiger partial charge >= 0.3 is 0 Å². The van der Waals surface area contributed by atoms with Crippen LogP contribution in [0, 0.1) is 0 Å². The van der Waals surface area contributed by atoms with Gasteiger partial charge in [0.15, 0.2) is 0 Å². The van der Waals surface area contributed by atoms with Gasteiger partial charge < -0.3 is 5.11 Å². The van der Waals surface area contributed by atoms with Crippen molar-refractivity contribution in [1.29, 1.82) is 0 Å². The summed E-state index contributed by atoms with van der Waals surface area (Å²) in [6.45, 7) is 0.378. The van der Waals surface area contributed by atoms with Gasteiger partial charge in [0.1, 0.15) is 5.69 Å². The van der Waals surface area contributed by atoms with Crippen molar-refractivity contribution in [3.8, 4) is 16.9 Å². The molecule has 0 spiro atoms. The van der Waals surface area contributed by atoms with Gasteiger partial charge in [0.2, 0.25) is 0 Å². The summed E-state index contributed by atoms with van der Waals surface area (Å²) < 4.78 is 1.80. The molecule has 116 valence electrons. The van der Waals surface area contributed by atoms with Gasteiger partial charge in [0.05, 0.1) is 23.9 Å². The van der Waals surface area contributed by atoms with Crippen LogP contribution >= 0.6 is 11.6 Å². The summed E-state index contributed by atoms with van der Waals surface area (Å²) in [6.07, 6.45) is 3.64. The highest BCUT2D eigenvalue weighted by Crippen LogP contribution is 2.29. The molecule has 5 heteroatoms. The van der Waals surface area contributed by atoms with Gasteiger partial charge in [0, 0.05) is 23.5 Å². The predicted octanol–water partition coefficient (Wildman–Crippen LogP) is 3.60. The van der Waals surface area contributed by atoms with Gasteiger partial charge in [-0.1, -0.05) is 48.0 Å². The van der Waals surface area contributed by atoms with Gasteiger partial charge in [-0.05, 0) is 18.2 Å². The Morgan fingerprint density at radius 3 is 2.57 bits per heavy atom. The van der Waals surface area contributed by atoms with Crippen molar-refractivity contribution < 1.29 is 5.11 Å². The molecule has 4 nitrogen and oxygen atoms in total. The number of aliphatic hydroxyl groups excluding tert-OH is 1. The molecule has 1 aromatic heterocycles. The molecule has 0 atom stereocenters. The number of para-hydroxylation sites is 1. The lowest BCUT2D eigenvalue weighted by atomic mass is 10.1. The Kier molecular flexibility index (Phi) is 4.86. The normalized spacial score (nSPS) is 11.2. The SMILES string of the molecule is OCCN=Cc1cn(-c2ccccc2)nc1-c1ccccc1Cl. The second kappa shape index (κ2) is 7.22. The van der Waals surface area contributed by atoms with Crippen LogP contribution in [0.4, 0.5) is 0 Å². The molecular formula is C18H16ClN3O. The summed E-state index contributed by atoms with van der Waals surface area (Å²) in [6, 6.07) is 17.5. The first-order valence-electron chi connectivity index (χ1n) is 7.30. The third kappa shape index (κ3) is 3.50. The van der Waals surface area contributed by atoms with Crippen molar-refractivity contribution in [1.82, 2.24) is 9.78 Å². The van der Waals surface area contributed by atoms with Crippen molar-refractivity contribution in [2.45, 2.75) is 0 Å². The first-order valence-corrected chi connectivity index (χ1v) is 7.68. The van der Waals surface area contributed by atoms with Crippen LogP contribution in [-0.2, 0) is 0 Å². The Bertz CT molecular complexity index is 812. The van der Waals surface area contributed by atoms with Crippen molar-refractivity contribution in [2.75, 3.05) is 13.2 Å². The highest BCUT2D eigenvalue weighted by molar-refractivity contribution is 6.33. The highest BCUT2D eigenvalue weighted by Gasteiger charge is 2.13. The van der Waals surface area contributed by atoms with Crippen LogP contribution in [0.15, 0.2) is 65.8 Å². The lowest BCUT2D eigenvalue weighted by Crippen LogP contribution is -1.94. The zero-order valence-electron chi connectivity index (χ0n) is 12.4. The number of aliphatic imine (C=N–C) groups is 1. The third-order valence-electron chi connectivity index (χ3n) is 3.35. The minimum absolute atomic E-state index is 0.0186. The molecule has 0 aliphatic heterocycles. The lowest BCUT2D eigenvalue weighted by Gasteiger charge is -2.02. The van der Waals surface area contributed by atoms with E-state index >= 15 is 0 Å². The van der Waals surface area contributed by atoms with E-state index in [1.54, 1.807) is 10.9 Å². The average molecular weight is 326 g/mol. The molecule has 2 aromatic carbocycles. The maximum absolute atomic E-state index is 8.90. The van der Waals surface area contributed by atoms with Crippen LogP contribution in [0.25, 0.3) is 16.9 Å². The number of nitrogens with zero attached hydrogens (tertiary/aromatic N) is 3. The topological polar surface area (TPSA) is 50.4 Å². The Balaban J connectivity index is 2.09. The molecule has 3 aromatic rings. The minimum Gasteiger partial charge on any atom is -0.394 e. The molecule has 1 N–H and O–H groups in total. The van der Waals surface area contributed by atoms with Crippen LogP contribution in [0.2, 0.25) is 5.02 Å². The molecule has 0 saturated carbocycles. The standard InChI is InChI=1S/C18H16ClN3O/c19-17-9-5-4-8-16(17)18-14(12-20-10-11-23)13-22(21-18)15-6-2-1-3-7-15/h1-9,12-13,23H,10-11H2. The molecule has 0 radical (unpaired) electrons. The smallest absolute Gasteiger partial charge is 0.103 e. The van der Waals surface area contributed by atoms with Gasteiger partial charge in [-0.2, -0.15) is 5.10 Å². The largest absolute Gasteiger partial charge is 0.394 e. The van der Waals surface area contributed by atoms with Gasteiger partial charge in [-0.25, -0.2) is 4.68 Å². The number of hydrogen-bond acceptors (Lipinski definition) is 3. The van der Waals surface area contributed by atoms with Gasteiger partial charge in [0.25, 0.3) is 0 Å². The number of rotatable bonds is 5. The molecule has 0 unspecified atom stereocenters. The molecule has 0 fully saturated rings.